The molecule has 0 atom stereocenters. The Hall–Kier alpha value is -2.22. The van der Waals surface area contributed by atoms with E-state index in [2.05, 4.69) is 15.5 Å². The summed E-state index contributed by atoms with van der Waals surface area (Å²) in [6.45, 7) is 0. The first-order valence-corrected chi connectivity index (χ1v) is 6.32. The number of benzene rings is 1. The molecule has 7 nitrogen and oxygen atoms in total. The van der Waals surface area contributed by atoms with Crippen LogP contribution in [0.1, 0.15) is 5.69 Å². The molecule has 0 unspecified atom stereocenters. The Morgan fingerprint density at radius 1 is 1.43 bits per heavy atom. The zero-order chi connectivity index (χ0) is 15.8. The maximum atomic E-state index is 14.4. The Morgan fingerprint density at radius 3 is 2.67 bits per heavy atom. The molecule has 0 saturated heterocycles. The summed E-state index contributed by atoms with van der Waals surface area (Å²) in [4.78, 5) is 11.4. The number of nitrogens with one attached hydrogen (secondary N) is 1. The monoisotopic (exact) mass is 289 g/mol. The Labute approximate surface area is 122 Å². The fourth-order valence-corrected chi connectivity index (χ4v) is 1.97. The summed E-state index contributed by atoms with van der Waals surface area (Å²) in [5.41, 5.74) is 0.298. The third-order valence-corrected chi connectivity index (χ3v) is 3.36. The van der Waals surface area contributed by atoms with Crippen molar-refractivity contribution in [3.63, 3.8) is 0 Å². The zero-order valence-electron chi connectivity index (χ0n) is 12.2. The van der Waals surface area contributed by atoms with Gasteiger partial charge in [0.1, 0.15) is 21.4 Å². The fraction of sp³-hybridized carbons (Fsp3) is 0.273. The van der Waals surface area contributed by atoms with Gasteiger partial charge in [0.25, 0.3) is 0 Å². The minimum absolute atomic E-state index is 0.0654. The number of nitro groups is 1. The van der Waals surface area contributed by atoms with Gasteiger partial charge in [0.05, 0.1) is 10.6 Å². The van der Waals surface area contributed by atoms with Gasteiger partial charge < -0.3 is 5.32 Å². The van der Waals surface area contributed by atoms with Gasteiger partial charge in [-0.25, -0.2) is 0 Å². The van der Waals surface area contributed by atoms with Crippen molar-refractivity contribution < 1.29 is 9.31 Å². The smallest absolute Gasteiger partial charge is 0.305 e. The second-order valence-corrected chi connectivity index (χ2v) is 5.16. The molecular weight excluding hydrogens is 275 g/mol. The molecule has 0 fully saturated rings. The number of aryl methyl sites for hydroxylation is 1. The summed E-state index contributed by atoms with van der Waals surface area (Å²) in [6, 6.07) is 4.01. The van der Waals surface area contributed by atoms with Crippen molar-refractivity contribution in [1.29, 1.82) is 0 Å². The molecule has 0 aliphatic heterocycles. The van der Waals surface area contributed by atoms with Crippen LogP contribution in [0.2, 0.25) is 0 Å². The first-order valence-electron chi connectivity index (χ1n) is 6.32. The lowest BCUT2D eigenvalue weighted by Crippen LogP contribution is -2.42. The highest BCUT2D eigenvalue weighted by Gasteiger charge is 2.30. The highest BCUT2D eigenvalue weighted by atomic mass is 19.1. The molecule has 0 amide bonds. The molecule has 0 saturated carbocycles. The minimum atomic E-state index is -0.906. The van der Waals surface area contributed by atoms with E-state index < -0.39 is 21.8 Å². The van der Waals surface area contributed by atoms with Gasteiger partial charge in [-0.1, -0.05) is 6.07 Å². The highest BCUT2D eigenvalue weighted by Crippen LogP contribution is 2.31. The third-order valence-electron chi connectivity index (χ3n) is 3.36. The lowest BCUT2D eigenvalue weighted by atomic mass is 9.59. The molecule has 0 aliphatic rings. The van der Waals surface area contributed by atoms with Crippen molar-refractivity contribution in [2.45, 2.75) is 5.34 Å². The predicted octanol–water partition coefficient (Wildman–Crippen LogP) is -0.875. The first-order chi connectivity index (χ1) is 9.77. The fourth-order valence-electron chi connectivity index (χ4n) is 1.97. The molecule has 1 heterocycles. The molecule has 0 spiro atoms. The second-order valence-electron chi connectivity index (χ2n) is 5.16. The number of rotatable bonds is 4. The number of nitrogens with zero attached hydrogens (tertiary/aromatic N) is 4. The quantitative estimate of drug-likeness (QED) is 0.449. The van der Waals surface area contributed by atoms with Crippen molar-refractivity contribution in [3.8, 4) is 11.3 Å². The van der Waals surface area contributed by atoms with E-state index in [0.29, 0.717) is 5.69 Å². The van der Waals surface area contributed by atoms with Crippen molar-refractivity contribution in [2.24, 2.45) is 7.05 Å². The molecule has 108 valence electrons. The largest absolute Gasteiger partial charge is 0.324 e. The van der Waals surface area contributed by atoms with E-state index >= 15 is 0 Å². The van der Waals surface area contributed by atoms with Gasteiger partial charge >= 0.3 is 5.69 Å². The Balaban J connectivity index is 2.69. The van der Waals surface area contributed by atoms with Crippen molar-refractivity contribution >= 4 is 21.4 Å². The average molecular weight is 289 g/mol. The normalized spacial score (nSPS) is 11.6. The summed E-state index contributed by atoms with van der Waals surface area (Å²) in [7, 11) is 7.11. The Kier molecular flexibility index (Phi) is 3.82. The molecule has 1 aromatic heterocycles. The van der Waals surface area contributed by atoms with Crippen LogP contribution in [0.5, 0.6) is 0 Å². The van der Waals surface area contributed by atoms with Crippen LogP contribution >= 0.6 is 0 Å². The molecule has 0 radical (unpaired) electrons. The lowest BCUT2D eigenvalue weighted by Gasteiger charge is -2.22. The number of nitro benzene ring substituents is 1. The molecule has 1 N–H and O–H groups in total. The minimum Gasteiger partial charge on any atom is -0.324 e. The lowest BCUT2D eigenvalue weighted by molar-refractivity contribution is -0.387. The Morgan fingerprint density at radius 2 is 2.10 bits per heavy atom. The number of hydrogen-bond acceptors (Lipinski definition) is 5. The standard InChI is InChI=1S/C11H14B2FN5O2/c1-15-11(12,13)10-9(16-18(2)17-10)6-4-3-5-7(8(6)14)19(20)21/h3-5,15H,12-13H2,1-2H3. The van der Waals surface area contributed by atoms with Gasteiger partial charge in [0.2, 0.25) is 5.82 Å². The topological polar surface area (TPSA) is 85.9 Å². The van der Waals surface area contributed by atoms with Crippen LogP contribution < -0.4 is 5.32 Å². The van der Waals surface area contributed by atoms with Gasteiger partial charge in [-0.05, 0) is 13.1 Å². The van der Waals surface area contributed by atoms with E-state index in [9.17, 15) is 14.5 Å². The first kappa shape index (κ1) is 15.2. The highest BCUT2D eigenvalue weighted by molar-refractivity contribution is 6.39. The van der Waals surface area contributed by atoms with E-state index in [1.54, 1.807) is 14.1 Å². The van der Waals surface area contributed by atoms with Crippen LogP contribution in [0.4, 0.5) is 10.1 Å². The maximum Gasteiger partial charge on any atom is 0.305 e. The molecule has 2 rings (SSSR count). The molecule has 0 bridgehead atoms. The van der Waals surface area contributed by atoms with Crippen LogP contribution in [0, 0.1) is 15.9 Å². The number of hydrogen-bond donors (Lipinski definition) is 1. The maximum absolute atomic E-state index is 14.4. The van der Waals surface area contributed by atoms with Crippen LogP contribution in [0.25, 0.3) is 11.3 Å². The second kappa shape index (κ2) is 5.28. The summed E-state index contributed by atoms with van der Waals surface area (Å²) < 4.78 is 14.4. The molecule has 2 aromatic rings. The molecular formula is C11H14B2FN5O2. The molecule has 0 aliphatic carbocycles. The molecule has 1 aromatic carbocycles. The zero-order valence-corrected chi connectivity index (χ0v) is 12.2. The van der Waals surface area contributed by atoms with Crippen molar-refractivity contribution in [2.75, 3.05) is 7.05 Å². The van der Waals surface area contributed by atoms with Crippen LogP contribution in [0.3, 0.4) is 0 Å². The number of aromatic nitrogens is 3. The third kappa shape index (κ3) is 2.66. The predicted molar refractivity (Wildman–Crippen MR) is 80.9 cm³/mol. The summed E-state index contributed by atoms with van der Waals surface area (Å²) in [5, 5.41) is 21.8. The molecule has 10 heteroatoms. The summed E-state index contributed by atoms with van der Waals surface area (Å²) in [6.07, 6.45) is 0. The van der Waals surface area contributed by atoms with E-state index in [1.807, 2.05) is 15.7 Å². The number of halogens is 1. The van der Waals surface area contributed by atoms with E-state index in [0.717, 1.165) is 6.07 Å². The van der Waals surface area contributed by atoms with Gasteiger partial charge in [0, 0.05) is 24.0 Å². The van der Waals surface area contributed by atoms with Crippen molar-refractivity contribution in [3.05, 3.63) is 39.8 Å². The van der Waals surface area contributed by atoms with Gasteiger partial charge in [-0.15, -0.1) is 0 Å². The van der Waals surface area contributed by atoms with E-state index in [-0.39, 0.29) is 11.3 Å². The Bertz CT molecular complexity index is 704. The SMILES string of the molecule is BC(B)(NC)c1nn(C)nc1-c1cccc([N+](=O)[O-])c1F. The van der Waals surface area contributed by atoms with Crippen molar-refractivity contribution in [1.82, 2.24) is 20.3 Å². The molecule has 21 heavy (non-hydrogen) atoms. The van der Waals surface area contributed by atoms with E-state index in [4.69, 9.17) is 0 Å². The summed E-state index contributed by atoms with van der Waals surface area (Å²) in [5.74, 6) is -0.906. The van der Waals surface area contributed by atoms with Gasteiger partial charge in [-0.2, -0.15) is 19.4 Å². The van der Waals surface area contributed by atoms with Gasteiger partial charge in [0.15, 0.2) is 0 Å². The summed E-state index contributed by atoms with van der Waals surface area (Å²) >= 11 is 0. The van der Waals surface area contributed by atoms with E-state index in [1.165, 1.54) is 16.9 Å². The van der Waals surface area contributed by atoms with Gasteiger partial charge in [-0.3, -0.25) is 10.1 Å². The van der Waals surface area contributed by atoms with Crippen LogP contribution in [-0.2, 0) is 12.4 Å². The van der Waals surface area contributed by atoms with Crippen LogP contribution in [-0.4, -0.2) is 42.7 Å². The average Bonchev–Trinajstić information content (AvgIpc) is 2.81. The van der Waals surface area contributed by atoms with Crippen LogP contribution in [0.15, 0.2) is 18.2 Å².